The molecular weight excluding hydrogens is 605 g/mol. The van der Waals surface area contributed by atoms with Crippen LogP contribution in [0.2, 0.25) is 0 Å². The van der Waals surface area contributed by atoms with Gasteiger partial charge in [-0.25, -0.2) is 4.39 Å². The lowest BCUT2D eigenvalue weighted by atomic mass is 9.93. The van der Waals surface area contributed by atoms with Crippen molar-refractivity contribution in [3.05, 3.63) is 71.5 Å². The SMILES string of the molecule is CCN(C(=O)c1ccncc1)c1cccc(C(=O)Nc2c(O)cc(C(F)(C(F)(F)F)C(F)(F)F)cc2OC(F)F)c1OC. The Hall–Kier alpha value is -4.70. The molecule has 0 fully saturated rings. The first-order valence-corrected chi connectivity index (χ1v) is 11.8. The van der Waals surface area contributed by atoms with Gasteiger partial charge in [-0.2, -0.15) is 35.1 Å². The van der Waals surface area contributed by atoms with E-state index in [1.165, 1.54) is 41.6 Å². The highest BCUT2D eigenvalue weighted by Crippen LogP contribution is 2.55. The standard InChI is InChI=1S/C26H20F9N3O5/c1-3-38(22(41)13-7-9-36-10-8-13)16-6-4-5-15(20(16)42-2)21(40)37-19-17(39)11-14(12-18(19)43-23(27)28)24(29,25(30,31)32)26(33,34)35/h4-12,23,39H,3H2,1-2H3,(H,37,40). The summed E-state index contributed by atoms with van der Waals surface area (Å²) in [6, 6.07) is 5.88. The summed E-state index contributed by atoms with van der Waals surface area (Å²) >= 11 is 0. The Labute approximate surface area is 236 Å². The van der Waals surface area contributed by atoms with Gasteiger partial charge >= 0.3 is 24.6 Å². The van der Waals surface area contributed by atoms with E-state index in [0.29, 0.717) is 0 Å². The first kappa shape index (κ1) is 32.8. The highest BCUT2D eigenvalue weighted by molar-refractivity contribution is 6.11. The molecule has 2 N–H and O–H groups in total. The molecule has 0 unspecified atom stereocenters. The third kappa shape index (κ3) is 6.39. The number of carbonyl (C=O) groups excluding carboxylic acids is 2. The highest BCUT2D eigenvalue weighted by atomic mass is 19.4. The molecule has 0 saturated carbocycles. The van der Waals surface area contributed by atoms with Crippen molar-refractivity contribution in [2.24, 2.45) is 0 Å². The van der Waals surface area contributed by atoms with Crippen molar-refractivity contribution in [3.63, 3.8) is 0 Å². The van der Waals surface area contributed by atoms with Crippen LogP contribution in [0.4, 0.5) is 50.9 Å². The maximum Gasteiger partial charge on any atom is 0.435 e. The van der Waals surface area contributed by atoms with E-state index in [9.17, 15) is 54.2 Å². The average Bonchev–Trinajstić information content (AvgIpc) is 2.93. The maximum atomic E-state index is 14.6. The van der Waals surface area contributed by atoms with Crippen LogP contribution in [0.25, 0.3) is 0 Å². The summed E-state index contributed by atoms with van der Waals surface area (Å²) in [5.41, 5.74) is -9.85. The van der Waals surface area contributed by atoms with Gasteiger partial charge in [0.1, 0.15) is 11.4 Å². The number of anilines is 2. The number of nitrogens with zero attached hydrogens (tertiary/aromatic N) is 2. The molecule has 0 spiro atoms. The van der Waals surface area contributed by atoms with Crippen LogP contribution in [-0.4, -0.2) is 54.5 Å². The number of phenolic OH excluding ortho intramolecular Hbond substituents is 1. The number of pyridine rings is 1. The van der Waals surface area contributed by atoms with Crippen LogP contribution < -0.4 is 19.7 Å². The van der Waals surface area contributed by atoms with Gasteiger partial charge in [0.25, 0.3) is 11.8 Å². The number of hydrogen-bond acceptors (Lipinski definition) is 6. The Bertz CT molecular complexity index is 1470. The van der Waals surface area contributed by atoms with Crippen molar-refractivity contribution in [2.75, 3.05) is 23.9 Å². The largest absolute Gasteiger partial charge is 0.506 e. The third-order valence-electron chi connectivity index (χ3n) is 5.94. The molecule has 0 aliphatic rings. The number of para-hydroxylation sites is 1. The normalized spacial score (nSPS) is 12.2. The minimum Gasteiger partial charge on any atom is -0.506 e. The summed E-state index contributed by atoms with van der Waals surface area (Å²) in [6.07, 6.45) is -10.6. The molecule has 1 heterocycles. The summed E-state index contributed by atoms with van der Waals surface area (Å²) < 4.78 is 129. The number of hydrogen-bond donors (Lipinski definition) is 2. The van der Waals surface area contributed by atoms with Crippen LogP contribution in [0.5, 0.6) is 17.2 Å². The van der Waals surface area contributed by atoms with Crippen LogP contribution in [0.1, 0.15) is 33.2 Å². The summed E-state index contributed by atoms with van der Waals surface area (Å²) in [6.45, 7) is -2.27. The first-order chi connectivity index (χ1) is 20.0. The van der Waals surface area contributed by atoms with E-state index >= 15 is 0 Å². The summed E-state index contributed by atoms with van der Waals surface area (Å²) in [4.78, 5) is 31.3. The molecule has 17 heteroatoms. The fraction of sp³-hybridized carbons (Fsp3) is 0.269. The second-order valence-electron chi connectivity index (χ2n) is 8.50. The van der Waals surface area contributed by atoms with Crippen molar-refractivity contribution in [2.45, 2.75) is 31.6 Å². The number of benzene rings is 2. The van der Waals surface area contributed by atoms with Gasteiger partial charge in [0, 0.05) is 30.1 Å². The predicted molar refractivity (Wildman–Crippen MR) is 132 cm³/mol. The molecule has 0 aliphatic heterocycles. The van der Waals surface area contributed by atoms with E-state index < -0.39 is 64.8 Å². The predicted octanol–water partition coefficient (Wildman–Crippen LogP) is 6.61. The number of ether oxygens (including phenoxy) is 2. The number of aromatic nitrogens is 1. The van der Waals surface area contributed by atoms with Crippen LogP contribution in [0.15, 0.2) is 54.9 Å². The van der Waals surface area contributed by atoms with Gasteiger partial charge in [0.2, 0.25) is 0 Å². The molecular formula is C26H20F9N3O5. The third-order valence-corrected chi connectivity index (χ3v) is 5.94. The molecule has 8 nitrogen and oxygen atoms in total. The van der Waals surface area contributed by atoms with Crippen molar-refractivity contribution in [1.29, 1.82) is 0 Å². The van der Waals surface area contributed by atoms with Gasteiger partial charge in [-0.3, -0.25) is 14.6 Å². The van der Waals surface area contributed by atoms with Crippen molar-refractivity contribution in [3.8, 4) is 17.2 Å². The molecule has 0 aliphatic carbocycles. The van der Waals surface area contributed by atoms with Gasteiger partial charge in [-0.15, -0.1) is 0 Å². The van der Waals surface area contributed by atoms with Gasteiger partial charge < -0.3 is 24.8 Å². The molecule has 43 heavy (non-hydrogen) atoms. The van der Waals surface area contributed by atoms with E-state index in [2.05, 4.69) is 9.72 Å². The van der Waals surface area contributed by atoms with Gasteiger partial charge in [0.05, 0.1) is 18.4 Å². The average molecular weight is 625 g/mol. The quantitative estimate of drug-likeness (QED) is 0.205. The molecule has 3 rings (SSSR count). The van der Waals surface area contributed by atoms with Crippen LogP contribution in [-0.2, 0) is 5.67 Å². The Balaban J connectivity index is 2.11. The minimum absolute atomic E-state index is 0.0284. The summed E-state index contributed by atoms with van der Waals surface area (Å²) in [7, 11) is 1.10. The number of amides is 2. The van der Waals surface area contributed by atoms with Crippen molar-refractivity contribution in [1.82, 2.24) is 4.98 Å². The second-order valence-corrected chi connectivity index (χ2v) is 8.50. The van der Waals surface area contributed by atoms with E-state index in [4.69, 9.17) is 4.74 Å². The van der Waals surface area contributed by atoms with Gasteiger partial charge in [-0.05, 0) is 43.3 Å². The van der Waals surface area contributed by atoms with Crippen molar-refractivity contribution < 1.29 is 63.7 Å². The number of nitrogens with one attached hydrogen (secondary N) is 1. The number of rotatable bonds is 9. The zero-order valence-electron chi connectivity index (χ0n) is 21.9. The molecule has 3 aromatic rings. The molecule has 2 amide bonds. The van der Waals surface area contributed by atoms with Crippen LogP contribution >= 0.6 is 0 Å². The Morgan fingerprint density at radius 1 is 1.00 bits per heavy atom. The zero-order chi connectivity index (χ0) is 32.3. The van der Waals surface area contributed by atoms with Crippen molar-refractivity contribution >= 4 is 23.2 Å². The topological polar surface area (TPSA) is 101 Å². The molecule has 0 atom stereocenters. The number of halogens is 9. The molecule has 232 valence electrons. The Kier molecular flexibility index (Phi) is 9.36. The zero-order valence-corrected chi connectivity index (χ0v) is 21.9. The lowest BCUT2D eigenvalue weighted by Gasteiger charge is -2.31. The fourth-order valence-corrected chi connectivity index (χ4v) is 3.99. The number of alkyl halides is 9. The number of aromatic hydroxyl groups is 1. The van der Waals surface area contributed by atoms with E-state index in [1.54, 1.807) is 6.92 Å². The highest BCUT2D eigenvalue weighted by Gasteiger charge is 2.73. The van der Waals surface area contributed by atoms with E-state index in [0.717, 1.165) is 13.2 Å². The maximum absolute atomic E-state index is 14.6. The van der Waals surface area contributed by atoms with E-state index in [1.807, 2.05) is 5.32 Å². The fourth-order valence-electron chi connectivity index (χ4n) is 3.99. The second kappa shape index (κ2) is 12.3. The first-order valence-electron chi connectivity index (χ1n) is 11.8. The molecule has 0 saturated heterocycles. The lowest BCUT2D eigenvalue weighted by molar-refractivity contribution is -0.348. The van der Waals surface area contributed by atoms with E-state index in [-0.39, 0.29) is 35.7 Å². The number of methoxy groups -OCH3 is 1. The molecule has 2 aromatic carbocycles. The smallest absolute Gasteiger partial charge is 0.435 e. The number of carbonyl (C=O) groups is 2. The van der Waals surface area contributed by atoms with Gasteiger partial charge in [0.15, 0.2) is 11.5 Å². The molecule has 0 bridgehead atoms. The lowest BCUT2D eigenvalue weighted by Crippen LogP contribution is -2.50. The molecule has 1 aromatic heterocycles. The Morgan fingerprint density at radius 2 is 1.60 bits per heavy atom. The monoisotopic (exact) mass is 625 g/mol. The van der Waals surface area contributed by atoms with Gasteiger partial charge in [-0.1, -0.05) is 6.07 Å². The number of phenols is 1. The summed E-state index contributed by atoms with van der Waals surface area (Å²) in [5, 5.41) is 12.1. The summed E-state index contributed by atoms with van der Waals surface area (Å²) in [5.74, 6) is -5.41. The van der Waals surface area contributed by atoms with Crippen LogP contribution in [0.3, 0.4) is 0 Å². The Morgan fingerprint density at radius 3 is 2.12 bits per heavy atom. The minimum atomic E-state index is -6.64. The molecule has 0 radical (unpaired) electrons. The van der Waals surface area contributed by atoms with Crippen LogP contribution in [0, 0.1) is 0 Å².